The number of nitrogens with zero attached hydrogens (tertiary/aromatic N) is 1. The van der Waals surface area contributed by atoms with Gasteiger partial charge in [0.15, 0.2) is 0 Å². The molecule has 0 bridgehead atoms. The van der Waals surface area contributed by atoms with Crippen molar-refractivity contribution in [3.8, 4) is 0 Å². The number of rotatable bonds is 2. The Hall–Kier alpha value is -0.0800. The molecule has 0 aromatic rings. The first kappa shape index (κ1) is 14.8. The Morgan fingerprint density at radius 2 is 1.80 bits per heavy atom. The van der Waals surface area contributed by atoms with Crippen molar-refractivity contribution in [1.82, 2.24) is 10.2 Å². The molecule has 2 nitrogen and oxygen atoms in total. The highest BCUT2D eigenvalue weighted by Crippen LogP contribution is 2.35. The maximum absolute atomic E-state index is 3.99. The molecule has 0 aromatic carbocycles. The van der Waals surface area contributed by atoms with E-state index in [1.54, 1.807) is 0 Å². The molecule has 0 aromatic heterocycles. The summed E-state index contributed by atoms with van der Waals surface area (Å²) >= 11 is 0. The maximum Gasteiger partial charge on any atom is 0.0197 e. The van der Waals surface area contributed by atoms with Gasteiger partial charge in [-0.3, -0.25) is 0 Å². The summed E-state index contributed by atoms with van der Waals surface area (Å²) in [6, 6.07) is 1.62. The largest absolute Gasteiger partial charge is 0.310 e. The molecule has 0 amide bonds. The normalized spacial score (nSPS) is 39.8. The Bertz CT molecular complexity index is 320. The van der Waals surface area contributed by atoms with Crippen LogP contribution in [0.5, 0.6) is 0 Å². The fourth-order valence-corrected chi connectivity index (χ4v) is 4.73. The summed E-state index contributed by atoms with van der Waals surface area (Å²) in [6.07, 6.45) is 10.2. The molecule has 1 saturated carbocycles. The van der Waals surface area contributed by atoms with Crippen molar-refractivity contribution in [2.45, 2.75) is 77.8 Å². The van der Waals surface area contributed by atoms with Crippen molar-refractivity contribution in [3.05, 3.63) is 0 Å². The van der Waals surface area contributed by atoms with Gasteiger partial charge in [-0.1, -0.05) is 33.6 Å². The Morgan fingerprint density at radius 1 is 1.00 bits per heavy atom. The minimum Gasteiger partial charge on any atom is -0.310 e. The quantitative estimate of drug-likeness (QED) is 0.829. The lowest BCUT2D eigenvalue weighted by molar-refractivity contribution is 0.146. The molecule has 2 heterocycles. The second-order valence-corrected chi connectivity index (χ2v) is 8.70. The van der Waals surface area contributed by atoms with Gasteiger partial charge < -0.3 is 10.2 Å². The van der Waals surface area contributed by atoms with Gasteiger partial charge in [0.2, 0.25) is 0 Å². The molecule has 3 rings (SSSR count). The van der Waals surface area contributed by atoms with Gasteiger partial charge in [0, 0.05) is 25.2 Å². The smallest absolute Gasteiger partial charge is 0.0197 e. The van der Waals surface area contributed by atoms with Crippen molar-refractivity contribution in [2.24, 2.45) is 17.3 Å². The third-order valence-electron chi connectivity index (χ3n) is 6.22. The molecule has 4 unspecified atom stereocenters. The maximum atomic E-state index is 3.99. The van der Waals surface area contributed by atoms with Gasteiger partial charge in [0.1, 0.15) is 0 Å². The van der Waals surface area contributed by atoms with Crippen molar-refractivity contribution in [2.75, 3.05) is 19.6 Å². The minimum atomic E-state index is 0.489. The van der Waals surface area contributed by atoms with Gasteiger partial charge in [-0.05, 0) is 55.9 Å². The van der Waals surface area contributed by atoms with Crippen molar-refractivity contribution >= 4 is 0 Å². The summed E-state index contributed by atoms with van der Waals surface area (Å²) in [5, 5.41) is 3.99. The highest BCUT2D eigenvalue weighted by molar-refractivity contribution is 4.92. The number of hydrogen-bond donors (Lipinski definition) is 1. The van der Waals surface area contributed by atoms with Gasteiger partial charge in [0.25, 0.3) is 0 Å². The van der Waals surface area contributed by atoms with E-state index in [2.05, 4.69) is 31.0 Å². The monoisotopic (exact) mass is 278 g/mol. The summed E-state index contributed by atoms with van der Waals surface area (Å²) in [7, 11) is 0. The molecule has 2 saturated heterocycles. The Morgan fingerprint density at radius 3 is 2.55 bits per heavy atom. The lowest BCUT2D eigenvalue weighted by atomic mass is 9.77. The second-order valence-electron chi connectivity index (χ2n) is 8.70. The van der Waals surface area contributed by atoms with E-state index >= 15 is 0 Å². The topological polar surface area (TPSA) is 15.3 Å². The zero-order valence-electron chi connectivity index (χ0n) is 13.8. The van der Waals surface area contributed by atoms with Crippen LogP contribution in [0.15, 0.2) is 0 Å². The van der Waals surface area contributed by atoms with Crippen LogP contribution in [0.1, 0.15) is 65.7 Å². The molecule has 1 aliphatic carbocycles. The third-order valence-corrected chi connectivity index (χ3v) is 6.22. The highest BCUT2D eigenvalue weighted by atomic mass is 15.2. The van der Waals surface area contributed by atoms with E-state index in [4.69, 9.17) is 0 Å². The summed E-state index contributed by atoms with van der Waals surface area (Å²) in [4.78, 5) is 2.73. The van der Waals surface area contributed by atoms with Crippen LogP contribution in [0.25, 0.3) is 0 Å². The summed E-state index contributed by atoms with van der Waals surface area (Å²) in [6.45, 7) is 11.2. The second kappa shape index (κ2) is 5.96. The van der Waals surface area contributed by atoms with E-state index in [0.29, 0.717) is 5.41 Å². The first-order valence-electron chi connectivity index (χ1n) is 9.01. The SMILES string of the molecule is CC(C)(C)C1CCN(CC2CCC3CCCCC3N2)C1. The molecule has 0 spiro atoms. The fraction of sp³-hybridized carbons (Fsp3) is 1.00. The molecule has 3 aliphatic rings. The Labute approximate surface area is 125 Å². The summed E-state index contributed by atoms with van der Waals surface area (Å²) in [5.74, 6) is 1.90. The molecular formula is C18H34N2. The van der Waals surface area contributed by atoms with E-state index in [-0.39, 0.29) is 0 Å². The number of piperidine rings is 1. The van der Waals surface area contributed by atoms with Gasteiger partial charge in [-0.2, -0.15) is 0 Å². The van der Waals surface area contributed by atoms with Crippen LogP contribution in [-0.4, -0.2) is 36.6 Å². The van der Waals surface area contributed by atoms with Gasteiger partial charge >= 0.3 is 0 Å². The molecular weight excluding hydrogens is 244 g/mol. The summed E-state index contributed by atoms with van der Waals surface area (Å²) < 4.78 is 0. The van der Waals surface area contributed by atoms with Crippen LogP contribution in [0, 0.1) is 17.3 Å². The van der Waals surface area contributed by atoms with Gasteiger partial charge in [-0.15, -0.1) is 0 Å². The van der Waals surface area contributed by atoms with Crippen LogP contribution in [0.4, 0.5) is 0 Å². The molecule has 4 atom stereocenters. The predicted molar refractivity (Wildman–Crippen MR) is 85.9 cm³/mol. The van der Waals surface area contributed by atoms with Crippen LogP contribution >= 0.6 is 0 Å². The number of likely N-dealkylation sites (tertiary alicyclic amines) is 1. The molecule has 3 fully saturated rings. The zero-order valence-corrected chi connectivity index (χ0v) is 13.8. The number of fused-ring (bicyclic) bond motifs is 1. The van der Waals surface area contributed by atoms with Crippen LogP contribution in [0.3, 0.4) is 0 Å². The van der Waals surface area contributed by atoms with Crippen molar-refractivity contribution in [3.63, 3.8) is 0 Å². The minimum absolute atomic E-state index is 0.489. The van der Waals surface area contributed by atoms with E-state index in [1.807, 2.05) is 0 Å². The average molecular weight is 278 g/mol. The molecule has 20 heavy (non-hydrogen) atoms. The number of hydrogen-bond acceptors (Lipinski definition) is 2. The predicted octanol–water partition coefficient (Wildman–Crippen LogP) is 3.67. The highest BCUT2D eigenvalue weighted by Gasteiger charge is 2.35. The molecule has 0 radical (unpaired) electrons. The zero-order chi connectivity index (χ0) is 14.2. The average Bonchev–Trinajstić information content (AvgIpc) is 2.87. The lowest BCUT2D eigenvalue weighted by Gasteiger charge is -2.41. The van der Waals surface area contributed by atoms with Crippen molar-refractivity contribution < 1.29 is 0 Å². The standard InChI is InChI=1S/C18H34N2/c1-18(2,3)15-10-11-20(12-15)13-16-9-8-14-6-4-5-7-17(14)19-16/h14-17,19H,4-13H2,1-3H3. The van der Waals surface area contributed by atoms with E-state index in [1.165, 1.54) is 64.6 Å². The van der Waals surface area contributed by atoms with E-state index < -0.39 is 0 Å². The lowest BCUT2D eigenvalue weighted by Crippen LogP contribution is -2.52. The Balaban J connectivity index is 1.47. The molecule has 1 N–H and O–H groups in total. The van der Waals surface area contributed by atoms with E-state index in [9.17, 15) is 0 Å². The first-order chi connectivity index (χ1) is 9.52. The fourth-order valence-electron chi connectivity index (χ4n) is 4.73. The van der Waals surface area contributed by atoms with Crippen LogP contribution in [-0.2, 0) is 0 Å². The van der Waals surface area contributed by atoms with Gasteiger partial charge in [0.05, 0.1) is 0 Å². The Kier molecular flexibility index (Phi) is 4.42. The summed E-state index contributed by atoms with van der Waals surface area (Å²) in [5.41, 5.74) is 0.489. The van der Waals surface area contributed by atoms with Crippen LogP contribution < -0.4 is 5.32 Å². The van der Waals surface area contributed by atoms with E-state index in [0.717, 1.165) is 23.9 Å². The first-order valence-corrected chi connectivity index (χ1v) is 9.01. The van der Waals surface area contributed by atoms with Crippen molar-refractivity contribution in [1.29, 1.82) is 0 Å². The molecule has 116 valence electrons. The van der Waals surface area contributed by atoms with Gasteiger partial charge in [-0.25, -0.2) is 0 Å². The third kappa shape index (κ3) is 3.39. The molecule has 2 aliphatic heterocycles. The molecule has 2 heteroatoms. The number of nitrogens with one attached hydrogen (secondary N) is 1. The van der Waals surface area contributed by atoms with Crippen LogP contribution in [0.2, 0.25) is 0 Å².